The van der Waals surface area contributed by atoms with E-state index in [4.69, 9.17) is 4.98 Å². The van der Waals surface area contributed by atoms with Crippen LogP contribution >= 0.6 is 11.3 Å². The molecule has 0 atom stereocenters. The lowest BCUT2D eigenvalue weighted by atomic mass is 9.89. The van der Waals surface area contributed by atoms with Crippen LogP contribution in [0.4, 0.5) is 0 Å². The van der Waals surface area contributed by atoms with E-state index in [0.29, 0.717) is 5.56 Å². The number of fused-ring (bicyclic) bond motifs is 2. The van der Waals surface area contributed by atoms with Crippen LogP contribution < -0.4 is 0 Å². The van der Waals surface area contributed by atoms with Gasteiger partial charge in [0.15, 0.2) is 0 Å². The standard InChI is InChI=1S/C24H23N3OS/c1-16-26-23-21(29-16)7-6-17-4-2-3-5-20(17)22(23)18-10-14-27(15-11-18)24(28)19-8-12-25-13-9-19/h2-5,8-9,12-13H,6-7,10-11,14-15H2,1H3. The molecule has 146 valence electrons. The summed E-state index contributed by atoms with van der Waals surface area (Å²) in [6.45, 7) is 3.60. The molecule has 0 N–H and O–H groups in total. The first-order valence-corrected chi connectivity index (χ1v) is 11.0. The Morgan fingerprint density at radius 1 is 1.00 bits per heavy atom. The average molecular weight is 402 g/mol. The van der Waals surface area contributed by atoms with Gasteiger partial charge >= 0.3 is 0 Å². The minimum absolute atomic E-state index is 0.0999. The lowest BCUT2D eigenvalue weighted by molar-refractivity contribution is 0.0743. The van der Waals surface area contributed by atoms with Crippen LogP contribution in [0, 0.1) is 6.92 Å². The molecule has 2 aromatic heterocycles. The second-order valence-electron chi connectivity index (χ2n) is 7.67. The monoisotopic (exact) mass is 401 g/mol. The van der Waals surface area contributed by atoms with Gasteiger partial charge in [0.05, 0.1) is 10.7 Å². The van der Waals surface area contributed by atoms with Crippen LogP contribution in [0.1, 0.15) is 49.9 Å². The molecule has 2 aliphatic rings. The maximum absolute atomic E-state index is 12.8. The second kappa shape index (κ2) is 7.56. The predicted molar refractivity (Wildman–Crippen MR) is 116 cm³/mol. The zero-order valence-corrected chi connectivity index (χ0v) is 17.3. The van der Waals surface area contributed by atoms with E-state index >= 15 is 0 Å². The highest BCUT2D eigenvalue weighted by Gasteiger charge is 2.27. The highest BCUT2D eigenvalue weighted by atomic mass is 32.1. The molecule has 1 fully saturated rings. The van der Waals surface area contributed by atoms with E-state index in [9.17, 15) is 4.79 Å². The lowest BCUT2D eigenvalue weighted by Crippen LogP contribution is -2.36. The Bertz CT molecular complexity index is 1090. The van der Waals surface area contributed by atoms with Crippen LogP contribution in [0.3, 0.4) is 0 Å². The van der Waals surface area contributed by atoms with Crippen molar-refractivity contribution in [3.8, 4) is 0 Å². The molecule has 0 saturated carbocycles. The maximum atomic E-state index is 12.8. The van der Waals surface area contributed by atoms with Crippen LogP contribution in [0.25, 0.3) is 5.57 Å². The molecule has 1 saturated heterocycles. The summed E-state index contributed by atoms with van der Waals surface area (Å²) in [7, 11) is 0. The van der Waals surface area contributed by atoms with Gasteiger partial charge in [-0.25, -0.2) is 4.98 Å². The van der Waals surface area contributed by atoms with Crippen LogP contribution in [0.5, 0.6) is 0 Å². The summed E-state index contributed by atoms with van der Waals surface area (Å²) >= 11 is 1.83. The SMILES string of the molecule is Cc1nc2c(s1)CCc1ccccc1C2=C1CCN(C(=O)c2ccncc2)CC1. The second-order valence-corrected chi connectivity index (χ2v) is 8.96. The fourth-order valence-corrected chi connectivity index (χ4v) is 5.40. The first-order chi connectivity index (χ1) is 14.2. The van der Waals surface area contributed by atoms with Crippen molar-refractivity contribution in [3.05, 3.63) is 86.6 Å². The molecule has 0 radical (unpaired) electrons. The minimum Gasteiger partial charge on any atom is -0.338 e. The number of carbonyl (C=O) groups excluding carboxylic acids is 1. The molecular formula is C24H23N3OS. The Hall–Kier alpha value is -2.79. The molecule has 4 nitrogen and oxygen atoms in total. The van der Waals surface area contributed by atoms with E-state index in [1.54, 1.807) is 24.5 Å². The number of aromatic nitrogens is 2. The minimum atomic E-state index is 0.0999. The van der Waals surface area contributed by atoms with Crippen molar-refractivity contribution in [2.24, 2.45) is 0 Å². The Labute approximate surface area is 174 Å². The van der Waals surface area contributed by atoms with Gasteiger partial charge in [-0.05, 0) is 55.9 Å². The molecule has 0 bridgehead atoms. The number of pyridine rings is 1. The van der Waals surface area contributed by atoms with E-state index in [1.165, 1.54) is 32.8 Å². The third-order valence-corrected chi connectivity index (χ3v) is 6.91. The third kappa shape index (κ3) is 3.40. The number of piperidine rings is 1. The molecule has 1 amide bonds. The van der Waals surface area contributed by atoms with E-state index in [2.05, 4.69) is 36.2 Å². The van der Waals surface area contributed by atoms with Crippen molar-refractivity contribution >= 4 is 22.8 Å². The number of rotatable bonds is 1. The van der Waals surface area contributed by atoms with Crippen molar-refractivity contribution < 1.29 is 4.79 Å². The Balaban J connectivity index is 1.50. The van der Waals surface area contributed by atoms with Crippen molar-refractivity contribution in [3.63, 3.8) is 0 Å². The third-order valence-electron chi connectivity index (χ3n) is 5.88. The van der Waals surface area contributed by atoms with Crippen molar-refractivity contribution in [2.75, 3.05) is 13.1 Å². The van der Waals surface area contributed by atoms with Gasteiger partial charge in [0, 0.05) is 41.5 Å². The summed E-state index contributed by atoms with van der Waals surface area (Å²) in [6, 6.07) is 12.3. The fourth-order valence-electron chi connectivity index (χ4n) is 4.46. The number of hydrogen-bond acceptors (Lipinski definition) is 4. The summed E-state index contributed by atoms with van der Waals surface area (Å²) in [5.74, 6) is 0.0999. The summed E-state index contributed by atoms with van der Waals surface area (Å²) in [6.07, 6.45) is 7.28. The summed E-state index contributed by atoms with van der Waals surface area (Å²) < 4.78 is 0. The number of thiazole rings is 1. The van der Waals surface area contributed by atoms with Crippen LogP contribution in [0.15, 0.2) is 54.4 Å². The predicted octanol–water partition coefficient (Wildman–Crippen LogP) is 4.68. The number of nitrogens with zero attached hydrogens (tertiary/aromatic N) is 3. The van der Waals surface area contributed by atoms with E-state index in [1.807, 2.05) is 16.2 Å². The number of likely N-dealkylation sites (tertiary alicyclic amines) is 1. The smallest absolute Gasteiger partial charge is 0.253 e. The summed E-state index contributed by atoms with van der Waals surface area (Å²) in [5, 5.41) is 1.14. The maximum Gasteiger partial charge on any atom is 0.253 e. The molecule has 0 unspecified atom stereocenters. The molecule has 1 aromatic carbocycles. The van der Waals surface area contributed by atoms with Crippen molar-refractivity contribution in [1.29, 1.82) is 0 Å². The van der Waals surface area contributed by atoms with Gasteiger partial charge in [-0.2, -0.15) is 0 Å². The summed E-state index contributed by atoms with van der Waals surface area (Å²) in [5.41, 5.74) is 7.40. The fraction of sp³-hybridized carbons (Fsp3) is 0.292. The molecule has 5 heteroatoms. The molecular weight excluding hydrogens is 378 g/mol. The summed E-state index contributed by atoms with van der Waals surface area (Å²) in [4.78, 5) is 25.1. The largest absolute Gasteiger partial charge is 0.338 e. The van der Waals surface area contributed by atoms with Gasteiger partial charge in [-0.15, -0.1) is 11.3 Å². The topological polar surface area (TPSA) is 46.1 Å². The molecule has 0 spiro atoms. The zero-order valence-electron chi connectivity index (χ0n) is 16.5. The van der Waals surface area contributed by atoms with E-state index in [0.717, 1.165) is 43.8 Å². The van der Waals surface area contributed by atoms with E-state index in [-0.39, 0.29) is 5.91 Å². The van der Waals surface area contributed by atoms with Gasteiger partial charge < -0.3 is 4.90 Å². The van der Waals surface area contributed by atoms with Gasteiger partial charge in [-0.3, -0.25) is 9.78 Å². The van der Waals surface area contributed by atoms with Crippen LogP contribution in [-0.4, -0.2) is 33.9 Å². The van der Waals surface area contributed by atoms with Crippen molar-refractivity contribution in [1.82, 2.24) is 14.9 Å². The van der Waals surface area contributed by atoms with Gasteiger partial charge in [0.2, 0.25) is 0 Å². The molecule has 3 heterocycles. The molecule has 1 aliphatic carbocycles. The Morgan fingerprint density at radius 3 is 2.55 bits per heavy atom. The molecule has 1 aliphatic heterocycles. The van der Waals surface area contributed by atoms with E-state index < -0.39 is 0 Å². The molecule has 5 rings (SSSR count). The molecule has 3 aromatic rings. The number of aryl methyl sites for hydroxylation is 3. The highest BCUT2D eigenvalue weighted by molar-refractivity contribution is 7.11. The first kappa shape index (κ1) is 18.3. The van der Waals surface area contributed by atoms with Crippen LogP contribution in [0.2, 0.25) is 0 Å². The van der Waals surface area contributed by atoms with Crippen molar-refractivity contribution in [2.45, 2.75) is 32.6 Å². The number of amides is 1. The van der Waals surface area contributed by atoms with Crippen LogP contribution in [-0.2, 0) is 12.8 Å². The first-order valence-electron chi connectivity index (χ1n) is 10.2. The normalized spacial score (nSPS) is 16.2. The highest BCUT2D eigenvalue weighted by Crippen LogP contribution is 2.40. The quantitative estimate of drug-likeness (QED) is 0.595. The Kier molecular flexibility index (Phi) is 4.76. The number of carbonyl (C=O) groups is 1. The zero-order chi connectivity index (χ0) is 19.8. The van der Waals surface area contributed by atoms with Gasteiger partial charge in [-0.1, -0.05) is 29.8 Å². The molecule has 29 heavy (non-hydrogen) atoms. The number of benzene rings is 1. The Morgan fingerprint density at radius 2 is 1.76 bits per heavy atom. The number of hydrogen-bond donors (Lipinski definition) is 0. The average Bonchev–Trinajstić information content (AvgIpc) is 3.06. The van der Waals surface area contributed by atoms with Gasteiger partial charge in [0.1, 0.15) is 0 Å². The lowest BCUT2D eigenvalue weighted by Gasteiger charge is -2.30. The van der Waals surface area contributed by atoms with Gasteiger partial charge in [0.25, 0.3) is 5.91 Å².